The van der Waals surface area contributed by atoms with Crippen molar-refractivity contribution >= 4 is 5.97 Å². The van der Waals surface area contributed by atoms with Gasteiger partial charge in [0.25, 0.3) is 0 Å². The molecule has 2 aliphatic rings. The smallest absolute Gasteiger partial charge is 0.302 e. The van der Waals surface area contributed by atoms with E-state index >= 15 is 0 Å². The number of methoxy groups -OCH3 is 1. The first-order chi connectivity index (χ1) is 12.3. The van der Waals surface area contributed by atoms with E-state index in [0.29, 0.717) is 26.1 Å². The Hall–Kier alpha value is -1.39. The first-order valence-corrected chi connectivity index (χ1v) is 9.12. The summed E-state index contributed by atoms with van der Waals surface area (Å²) in [6.07, 6.45) is 2.15. The molecule has 0 bridgehead atoms. The van der Waals surface area contributed by atoms with E-state index in [2.05, 4.69) is 18.4 Å². The molecule has 0 N–H and O–H groups in total. The topological polar surface area (TPSA) is 63.2 Å². The maximum absolute atomic E-state index is 11.2. The van der Waals surface area contributed by atoms with E-state index in [0.717, 1.165) is 18.4 Å². The molecule has 2 fully saturated rings. The lowest BCUT2D eigenvalue weighted by molar-refractivity contribution is -0.160. The summed E-state index contributed by atoms with van der Waals surface area (Å²) in [5.41, 5.74) is 0.736. The summed E-state index contributed by atoms with van der Waals surface area (Å²) >= 11 is 0. The van der Waals surface area contributed by atoms with Crippen LogP contribution in [0.25, 0.3) is 0 Å². The minimum atomic E-state index is -0.552. The lowest BCUT2D eigenvalue weighted by Gasteiger charge is -2.31. The van der Waals surface area contributed by atoms with Crippen LogP contribution in [0.2, 0.25) is 0 Å². The average Bonchev–Trinajstić information content (AvgIpc) is 2.91. The van der Waals surface area contributed by atoms with Gasteiger partial charge < -0.3 is 23.7 Å². The zero-order valence-electron chi connectivity index (χ0n) is 16.2. The summed E-state index contributed by atoms with van der Waals surface area (Å²) < 4.78 is 27.9. The van der Waals surface area contributed by atoms with Crippen molar-refractivity contribution in [3.63, 3.8) is 0 Å². The van der Waals surface area contributed by atoms with Crippen LogP contribution in [0, 0.1) is 11.8 Å². The lowest BCUT2D eigenvalue weighted by atomic mass is 9.99. The molecule has 0 aliphatic carbocycles. The molecule has 0 spiro atoms. The van der Waals surface area contributed by atoms with Gasteiger partial charge in [0.1, 0.15) is 12.2 Å². The Morgan fingerprint density at radius 3 is 2.81 bits per heavy atom. The molecule has 2 rings (SSSR count). The molecule has 6 heteroatoms. The van der Waals surface area contributed by atoms with Gasteiger partial charge in [-0.2, -0.15) is 0 Å². The highest BCUT2D eigenvalue weighted by Crippen LogP contribution is 2.25. The quantitative estimate of drug-likeness (QED) is 0.532. The van der Waals surface area contributed by atoms with Crippen molar-refractivity contribution < 1.29 is 28.5 Å². The van der Waals surface area contributed by atoms with E-state index in [1.165, 1.54) is 6.92 Å². The molecule has 0 radical (unpaired) electrons. The molecule has 0 amide bonds. The van der Waals surface area contributed by atoms with E-state index in [1.54, 1.807) is 7.11 Å². The Morgan fingerprint density at radius 2 is 2.19 bits per heavy atom. The maximum atomic E-state index is 11.2. The number of ether oxygens (including phenoxy) is 5. The Bertz CT molecular complexity index is 558. The monoisotopic (exact) mass is 366 g/mol. The summed E-state index contributed by atoms with van der Waals surface area (Å²) in [5.74, 6) is 5.32. The molecule has 4 atom stereocenters. The molecule has 2 aliphatic heterocycles. The van der Waals surface area contributed by atoms with Gasteiger partial charge in [0.05, 0.1) is 18.8 Å². The minimum Gasteiger partial charge on any atom is -0.460 e. The van der Waals surface area contributed by atoms with Crippen molar-refractivity contribution in [2.45, 2.75) is 76.7 Å². The zero-order chi connectivity index (χ0) is 19.2. The highest BCUT2D eigenvalue weighted by Gasteiger charge is 2.34. The molecular weight excluding hydrogens is 336 g/mol. The summed E-state index contributed by atoms with van der Waals surface area (Å²) in [6, 6.07) is 0. The third-order valence-corrected chi connectivity index (χ3v) is 4.38. The second kappa shape index (κ2) is 9.52. The third kappa shape index (κ3) is 6.73. The van der Waals surface area contributed by atoms with E-state index in [4.69, 9.17) is 23.7 Å². The van der Waals surface area contributed by atoms with Gasteiger partial charge in [-0.25, -0.2) is 0 Å². The van der Waals surface area contributed by atoms with Crippen LogP contribution in [0.15, 0.2) is 12.2 Å². The van der Waals surface area contributed by atoms with Gasteiger partial charge >= 0.3 is 5.97 Å². The third-order valence-electron chi connectivity index (χ3n) is 4.38. The first-order valence-electron chi connectivity index (χ1n) is 9.12. The standard InChI is InChI=1S/C20H30O6/c1-14(11-19-18(25-15(2)21)7-6-10-23-19)8-9-16(22-5)12-17-13-24-20(3,4)26-17/h16-19H,1,6-7,10-13H2,2-5H3/t16?,17-,18-,19+/m0/s1. The summed E-state index contributed by atoms with van der Waals surface area (Å²) in [5, 5.41) is 0. The molecule has 6 nitrogen and oxygen atoms in total. The van der Waals surface area contributed by atoms with Crippen LogP contribution in [-0.2, 0) is 28.5 Å². The predicted molar refractivity (Wildman–Crippen MR) is 96.4 cm³/mol. The van der Waals surface area contributed by atoms with Crippen LogP contribution in [0.4, 0.5) is 0 Å². The van der Waals surface area contributed by atoms with Crippen LogP contribution >= 0.6 is 0 Å². The molecule has 0 saturated carbocycles. The Kier molecular flexibility index (Phi) is 7.66. The predicted octanol–water partition coefficient (Wildman–Crippen LogP) is 2.60. The molecule has 2 heterocycles. The van der Waals surface area contributed by atoms with Gasteiger partial charge in [-0.3, -0.25) is 4.79 Å². The Morgan fingerprint density at radius 1 is 1.42 bits per heavy atom. The van der Waals surface area contributed by atoms with Gasteiger partial charge in [0, 0.05) is 33.5 Å². The van der Waals surface area contributed by atoms with Crippen molar-refractivity contribution in [1.29, 1.82) is 0 Å². The van der Waals surface area contributed by atoms with Crippen molar-refractivity contribution in [3.8, 4) is 11.8 Å². The molecular formula is C20H30O6. The fourth-order valence-electron chi connectivity index (χ4n) is 3.16. The summed E-state index contributed by atoms with van der Waals surface area (Å²) in [6.45, 7) is 10.4. The van der Waals surface area contributed by atoms with Gasteiger partial charge in [-0.05, 0) is 32.3 Å². The number of carbonyl (C=O) groups is 1. The van der Waals surface area contributed by atoms with Crippen molar-refractivity contribution in [2.24, 2.45) is 0 Å². The highest BCUT2D eigenvalue weighted by molar-refractivity contribution is 5.66. The van der Waals surface area contributed by atoms with Crippen molar-refractivity contribution in [1.82, 2.24) is 0 Å². The average molecular weight is 366 g/mol. The first kappa shape index (κ1) is 20.9. The van der Waals surface area contributed by atoms with E-state index in [-0.39, 0.29) is 30.4 Å². The van der Waals surface area contributed by atoms with Crippen LogP contribution in [0.1, 0.15) is 46.5 Å². The van der Waals surface area contributed by atoms with Gasteiger partial charge in [-0.1, -0.05) is 18.4 Å². The number of hydrogen-bond donors (Lipinski definition) is 0. The highest BCUT2D eigenvalue weighted by atomic mass is 16.7. The van der Waals surface area contributed by atoms with Gasteiger partial charge in [0.2, 0.25) is 0 Å². The number of rotatable bonds is 6. The maximum Gasteiger partial charge on any atom is 0.302 e. The second-order valence-electron chi connectivity index (χ2n) is 7.19. The van der Waals surface area contributed by atoms with Crippen molar-refractivity contribution in [2.75, 3.05) is 20.3 Å². The Labute approximate surface area is 156 Å². The summed E-state index contributed by atoms with van der Waals surface area (Å²) in [7, 11) is 1.63. The minimum absolute atomic E-state index is 0.0347. The molecule has 26 heavy (non-hydrogen) atoms. The number of carbonyl (C=O) groups excluding carboxylic acids is 1. The van der Waals surface area contributed by atoms with E-state index in [9.17, 15) is 4.79 Å². The van der Waals surface area contributed by atoms with Crippen molar-refractivity contribution in [3.05, 3.63) is 12.2 Å². The SMILES string of the molecule is C=C(C#CC(C[C@H]1COC(C)(C)O1)OC)C[C@H]1OCCC[C@@H]1OC(C)=O. The number of esters is 1. The Balaban J connectivity index is 1.86. The van der Waals surface area contributed by atoms with E-state index < -0.39 is 5.79 Å². The number of hydrogen-bond acceptors (Lipinski definition) is 6. The molecule has 146 valence electrons. The normalized spacial score (nSPS) is 28.7. The molecule has 0 aromatic rings. The van der Waals surface area contributed by atoms with Gasteiger partial charge in [0.15, 0.2) is 5.79 Å². The molecule has 2 saturated heterocycles. The fraction of sp³-hybridized carbons (Fsp3) is 0.750. The largest absolute Gasteiger partial charge is 0.460 e. The van der Waals surface area contributed by atoms with E-state index in [1.807, 2.05) is 13.8 Å². The lowest BCUT2D eigenvalue weighted by Crippen LogP contribution is -2.37. The van der Waals surface area contributed by atoms with Crippen LogP contribution in [-0.4, -0.2) is 56.5 Å². The molecule has 0 aromatic carbocycles. The van der Waals surface area contributed by atoms with Crippen LogP contribution in [0.5, 0.6) is 0 Å². The summed E-state index contributed by atoms with van der Waals surface area (Å²) in [4.78, 5) is 11.2. The second-order valence-corrected chi connectivity index (χ2v) is 7.19. The van der Waals surface area contributed by atoms with Gasteiger partial charge in [-0.15, -0.1) is 0 Å². The molecule has 0 aromatic heterocycles. The fourth-order valence-corrected chi connectivity index (χ4v) is 3.16. The van der Waals surface area contributed by atoms with Crippen LogP contribution in [0.3, 0.4) is 0 Å². The zero-order valence-corrected chi connectivity index (χ0v) is 16.2. The van der Waals surface area contributed by atoms with Crippen LogP contribution < -0.4 is 0 Å². The molecule has 1 unspecified atom stereocenters.